The van der Waals surface area contributed by atoms with Crippen LogP contribution in [-0.4, -0.2) is 62.1 Å². The lowest BCUT2D eigenvalue weighted by molar-refractivity contribution is 0.202. The van der Waals surface area contributed by atoms with Crippen molar-refractivity contribution >= 4 is 10.0 Å². The summed E-state index contributed by atoms with van der Waals surface area (Å²) in [6.07, 6.45) is 0.768. The second-order valence-electron chi connectivity index (χ2n) is 5.13. The van der Waals surface area contributed by atoms with E-state index in [0.717, 1.165) is 13.0 Å². The molecule has 0 spiro atoms. The smallest absolute Gasteiger partial charge is 0.243 e. The zero-order chi connectivity index (χ0) is 15.3. The molecule has 0 bridgehead atoms. The molecule has 1 heterocycles. The van der Waals surface area contributed by atoms with Gasteiger partial charge in [0.25, 0.3) is 0 Å². The van der Waals surface area contributed by atoms with Crippen LogP contribution in [0.5, 0.6) is 0 Å². The first kappa shape index (κ1) is 16.4. The maximum absolute atomic E-state index is 12.8. The van der Waals surface area contributed by atoms with Crippen molar-refractivity contribution in [3.63, 3.8) is 0 Å². The van der Waals surface area contributed by atoms with Gasteiger partial charge in [-0.3, -0.25) is 4.90 Å². The van der Waals surface area contributed by atoms with E-state index in [1.165, 1.54) is 4.31 Å². The first-order valence-corrected chi connectivity index (χ1v) is 8.65. The summed E-state index contributed by atoms with van der Waals surface area (Å²) in [5, 5.41) is 9.00. The molecule has 0 aliphatic carbocycles. The minimum atomic E-state index is -3.50. The molecule has 1 saturated heterocycles. The van der Waals surface area contributed by atoms with Crippen molar-refractivity contribution in [3.05, 3.63) is 29.8 Å². The van der Waals surface area contributed by atoms with Crippen molar-refractivity contribution in [2.45, 2.75) is 17.9 Å². The van der Waals surface area contributed by atoms with E-state index in [0.29, 0.717) is 36.6 Å². The van der Waals surface area contributed by atoms with Gasteiger partial charge < -0.3 is 10.8 Å². The van der Waals surface area contributed by atoms with Gasteiger partial charge in [0.15, 0.2) is 0 Å². The van der Waals surface area contributed by atoms with Crippen molar-refractivity contribution in [2.24, 2.45) is 5.73 Å². The Bertz CT molecular complexity index is 562. The topological polar surface area (TPSA) is 86.9 Å². The maximum atomic E-state index is 12.8. The van der Waals surface area contributed by atoms with Crippen LogP contribution in [0, 0.1) is 0 Å². The molecule has 21 heavy (non-hydrogen) atoms. The molecule has 6 nitrogen and oxygen atoms in total. The average molecular weight is 313 g/mol. The highest BCUT2D eigenvalue weighted by Crippen LogP contribution is 2.21. The quantitative estimate of drug-likeness (QED) is 0.788. The summed E-state index contributed by atoms with van der Waals surface area (Å²) in [7, 11) is -3.50. The molecule has 0 saturated carbocycles. The fourth-order valence-corrected chi connectivity index (χ4v) is 4.32. The number of sulfonamides is 1. The standard InChI is InChI=1S/C14H23N3O3S/c15-12-13-4-1-2-5-14(13)21(19,20)17-7-3-6-16(8-9-17)10-11-18/h1-2,4-5,18H,3,6-12,15H2. The Morgan fingerprint density at radius 2 is 1.90 bits per heavy atom. The lowest BCUT2D eigenvalue weighted by Crippen LogP contribution is -2.36. The number of nitrogens with zero attached hydrogens (tertiary/aromatic N) is 2. The zero-order valence-electron chi connectivity index (χ0n) is 12.1. The third kappa shape index (κ3) is 3.81. The molecular weight excluding hydrogens is 290 g/mol. The Balaban J connectivity index is 2.19. The molecule has 1 fully saturated rings. The van der Waals surface area contributed by atoms with Gasteiger partial charge in [-0.15, -0.1) is 0 Å². The van der Waals surface area contributed by atoms with Crippen LogP contribution in [0.2, 0.25) is 0 Å². The Labute approximate surface area is 126 Å². The highest BCUT2D eigenvalue weighted by molar-refractivity contribution is 7.89. The van der Waals surface area contributed by atoms with Crippen molar-refractivity contribution < 1.29 is 13.5 Å². The summed E-state index contributed by atoms with van der Waals surface area (Å²) >= 11 is 0. The maximum Gasteiger partial charge on any atom is 0.243 e. The van der Waals surface area contributed by atoms with Gasteiger partial charge in [-0.2, -0.15) is 4.31 Å². The summed E-state index contributed by atoms with van der Waals surface area (Å²) in [6, 6.07) is 6.89. The third-order valence-electron chi connectivity index (χ3n) is 3.77. The number of nitrogens with two attached hydrogens (primary N) is 1. The second kappa shape index (κ2) is 7.33. The van der Waals surface area contributed by atoms with E-state index in [1.807, 2.05) is 0 Å². The van der Waals surface area contributed by atoms with Gasteiger partial charge in [0.05, 0.1) is 11.5 Å². The molecule has 1 aliphatic heterocycles. The first-order chi connectivity index (χ1) is 10.1. The van der Waals surface area contributed by atoms with Gasteiger partial charge in [-0.25, -0.2) is 8.42 Å². The van der Waals surface area contributed by atoms with Crippen LogP contribution in [0.1, 0.15) is 12.0 Å². The normalized spacial score (nSPS) is 18.6. The summed E-state index contributed by atoms with van der Waals surface area (Å²) in [4.78, 5) is 2.40. The second-order valence-corrected chi connectivity index (χ2v) is 7.04. The minimum Gasteiger partial charge on any atom is -0.395 e. The van der Waals surface area contributed by atoms with E-state index in [1.54, 1.807) is 24.3 Å². The molecule has 0 aromatic heterocycles. The molecule has 2 rings (SSSR count). The van der Waals surface area contributed by atoms with E-state index < -0.39 is 10.0 Å². The summed E-state index contributed by atoms with van der Waals surface area (Å²) in [5.41, 5.74) is 6.30. The summed E-state index contributed by atoms with van der Waals surface area (Å²) < 4.78 is 27.1. The molecule has 1 aliphatic rings. The van der Waals surface area contributed by atoms with Crippen molar-refractivity contribution in [1.29, 1.82) is 0 Å². The van der Waals surface area contributed by atoms with Crippen LogP contribution in [0.15, 0.2) is 29.2 Å². The fraction of sp³-hybridized carbons (Fsp3) is 0.571. The minimum absolute atomic E-state index is 0.1000. The van der Waals surface area contributed by atoms with Crippen LogP contribution in [0.25, 0.3) is 0 Å². The van der Waals surface area contributed by atoms with Gasteiger partial charge in [-0.05, 0) is 24.6 Å². The van der Waals surface area contributed by atoms with Gasteiger partial charge >= 0.3 is 0 Å². The number of hydrogen-bond donors (Lipinski definition) is 2. The van der Waals surface area contributed by atoms with Crippen molar-refractivity contribution in [2.75, 3.05) is 39.3 Å². The molecule has 3 N–H and O–H groups in total. The number of β-amino-alcohol motifs (C(OH)–C–C–N with tert-alkyl or cyclic N) is 1. The summed E-state index contributed by atoms with van der Waals surface area (Å²) in [5.74, 6) is 0. The first-order valence-electron chi connectivity index (χ1n) is 7.21. The predicted octanol–water partition coefficient (Wildman–Crippen LogP) is -0.166. The zero-order valence-corrected chi connectivity index (χ0v) is 12.9. The van der Waals surface area contributed by atoms with E-state index in [4.69, 9.17) is 10.8 Å². The van der Waals surface area contributed by atoms with E-state index in [2.05, 4.69) is 4.90 Å². The Morgan fingerprint density at radius 3 is 2.62 bits per heavy atom. The average Bonchev–Trinajstić information content (AvgIpc) is 2.74. The molecule has 0 amide bonds. The molecular formula is C14H23N3O3S. The molecule has 1 aromatic carbocycles. The van der Waals surface area contributed by atoms with Gasteiger partial charge in [-0.1, -0.05) is 18.2 Å². The molecule has 7 heteroatoms. The van der Waals surface area contributed by atoms with Crippen molar-refractivity contribution in [1.82, 2.24) is 9.21 Å². The number of rotatable bonds is 5. The fourth-order valence-electron chi connectivity index (χ4n) is 2.62. The number of aliphatic hydroxyl groups is 1. The van der Waals surface area contributed by atoms with E-state index in [-0.39, 0.29) is 13.2 Å². The largest absolute Gasteiger partial charge is 0.395 e. The Kier molecular flexibility index (Phi) is 5.72. The van der Waals surface area contributed by atoms with Crippen LogP contribution < -0.4 is 5.73 Å². The predicted molar refractivity (Wildman–Crippen MR) is 81.2 cm³/mol. The molecule has 0 atom stereocenters. The van der Waals surface area contributed by atoms with Crippen molar-refractivity contribution in [3.8, 4) is 0 Å². The number of benzene rings is 1. The molecule has 0 unspecified atom stereocenters. The molecule has 1 aromatic rings. The third-order valence-corrected chi connectivity index (χ3v) is 5.77. The number of hydrogen-bond acceptors (Lipinski definition) is 5. The van der Waals surface area contributed by atoms with E-state index >= 15 is 0 Å². The number of aliphatic hydroxyl groups excluding tert-OH is 1. The van der Waals surface area contributed by atoms with Crippen LogP contribution in [-0.2, 0) is 16.6 Å². The highest BCUT2D eigenvalue weighted by Gasteiger charge is 2.28. The van der Waals surface area contributed by atoms with E-state index in [9.17, 15) is 8.42 Å². The lowest BCUT2D eigenvalue weighted by Gasteiger charge is -2.22. The lowest BCUT2D eigenvalue weighted by atomic mass is 10.2. The Morgan fingerprint density at radius 1 is 1.14 bits per heavy atom. The molecule has 118 valence electrons. The van der Waals surface area contributed by atoms with Crippen LogP contribution in [0.4, 0.5) is 0 Å². The van der Waals surface area contributed by atoms with Gasteiger partial charge in [0, 0.05) is 32.7 Å². The van der Waals surface area contributed by atoms with Gasteiger partial charge in [0.1, 0.15) is 0 Å². The molecule has 0 radical (unpaired) electrons. The summed E-state index contributed by atoms with van der Waals surface area (Å²) in [6.45, 7) is 3.30. The van der Waals surface area contributed by atoms with Crippen LogP contribution >= 0.6 is 0 Å². The highest BCUT2D eigenvalue weighted by atomic mass is 32.2. The SMILES string of the molecule is NCc1ccccc1S(=O)(=O)N1CCCN(CCO)CC1. The monoisotopic (exact) mass is 313 g/mol. The van der Waals surface area contributed by atoms with Crippen LogP contribution in [0.3, 0.4) is 0 Å². The Hall–Kier alpha value is -0.990. The van der Waals surface area contributed by atoms with Gasteiger partial charge in [0.2, 0.25) is 10.0 Å².